The van der Waals surface area contributed by atoms with Crippen LogP contribution in [0.3, 0.4) is 0 Å². The molecule has 1 heterocycles. The molecule has 3 amide bonds. The molecule has 1 saturated heterocycles. The Morgan fingerprint density at radius 3 is 2.24 bits per heavy atom. The Morgan fingerprint density at radius 2 is 1.58 bits per heavy atom. The summed E-state index contributed by atoms with van der Waals surface area (Å²) in [4.78, 5) is 58.6. The second kappa shape index (κ2) is 15.0. The van der Waals surface area contributed by atoms with Crippen molar-refractivity contribution in [1.29, 1.82) is 0 Å². The lowest BCUT2D eigenvalue weighted by Crippen LogP contribution is -2.49. The van der Waals surface area contributed by atoms with Crippen molar-refractivity contribution in [1.82, 2.24) is 14.7 Å². The number of hydrogen-bond acceptors (Lipinski definition) is 6. The van der Waals surface area contributed by atoms with Gasteiger partial charge in [-0.25, -0.2) is 4.79 Å². The molecular weight excluding hydrogens is 594 g/mol. The lowest BCUT2D eigenvalue weighted by molar-refractivity contribution is -0.131. The summed E-state index contributed by atoms with van der Waals surface area (Å²) in [6, 6.07) is 16.7. The molecule has 2 N–H and O–H groups in total. The third-order valence-electron chi connectivity index (χ3n) is 7.98. The van der Waals surface area contributed by atoms with Crippen molar-refractivity contribution in [2.45, 2.75) is 19.8 Å². The highest BCUT2D eigenvalue weighted by Gasteiger charge is 2.25. The zero-order valence-corrected chi connectivity index (χ0v) is 26.9. The second-order valence-corrected chi connectivity index (χ2v) is 12.0. The smallest absolute Gasteiger partial charge is 0.335 e. The normalized spacial score (nSPS) is 13.1. The molecule has 0 saturated carbocycles. The van der Waals surface area contributed by atoms with E-state index < -0.39 is 11.9 Å². The largest absolute Gasteiger partial charge is 0.478 e. The highest BCUT2D eigenvalue weighted by atomic mass is 35.5. The summed E-state index contributed by atoms with van der Waals surface area (Å²) in [6.45, 7) is 5.33. The quantitative estimate of drug-likeness (QED) is 0.319. The number of rotatable bonds is 11. The maximum atomic E-state index is 13.5. The van der Waals surface area contributed by atoms with Gasteiger partial charge >= 0.3 is 5.97 Å². The first-order valence-corrected chi connectivity index (χ1v) is 15.3. The van der Waals surface area contributed by atoms with Crippen molar-refractivity contribution in [3.63, 3.8) is 0 Å². The Labute approximate surface area is 269 Å². The van der Waals surface area contributed by atoms with Crippen LogP contribution in [0.1, 0.15) is 48.6 Å². The molecule has 1 aliphatic heterocycles. The molecule has 45 heavy (non-hydrogen) atoms. The Bertz CT molecular complexity index is 1570. The lowest BCUT2D eigenvalue weighted by Gasteiger charge is -2.37. The maximum Gasteiger partial charge on any atom is 0.335 e. The fourth-order valence-electron chi connectivity index (χ4n) is 5.26. The number of anilines is 2. The van der Waals surface area contributed by atoms with E-state index in [1.807, 2.05) is 55.1 Å². The zero-order valence-electron chi connectivity index (χ0n) is 26.2. The van der Waals surface area contributed by atoms with Gasteiger partial charge in [0.05, 0.1) is 16.9 Å². The number of carbonyl (C=O) groups excluding carboxylic acids is 3. The van der Waals surface area contributed by atoms with Gasteiger partial charge in [0, 0.05) is 68.9 Å². The van der Waals surface area contributed by atoms with E-state index in [2.05, 4.69) is 10.2 Å². The summed E-state index contributed by atoms with van der Waals surface area (Å²) < 4.78 is 0. The standard InChI is InChI=1S/C34H40ClN5O5/c1-23-20-28(35)10-8-24(23)12-15-38(4)33(43)26-9-11-30(39-16-18-40(19-17-39)31(41)13-14-37(2)3)29(22-26)36-32(42)25-6-5-7-27(21-25)34(44)45/h5-11,20-22H,12-19H2,1-4H3,(H,36,42)(H,44,45). The fraction of sp³-hybridized carbons (Fsp3) is 0.353. The van der Waals surface area contributed by atoms with Gasteiger partial charge in [0.15, 0.2) is 0 Å². The minimum Gasteiger partial charge on any atom is -0.478 e. The van der Waals surface area contributed by atoms with Crippen molar-refractivity contribution >= 4 is 46.7 Å². The molecular formula is C34H40ClN5O5. The molecule has 1 fully saturated rings. The van der Waals surface area contributed by atoms with Crippen LogP contribution in [0, 0.1) is 6.92 Å². The predicted octanol–water partition coefficient (Wildman–Crippen LogP) is 4.51. The third-order valence-corrected chi connectivity index (χ3v) is 8.21. The van der Waals surface area contributed by atoms with E-state index in [0.717, 1.165) is 11.1 Å². The molecule has 0 aromatic heterocycles. The predicted molar refractivity (Wildman–Crippen MR) is 177 cm³/mol. The molecule has 0 bridgehead atoms. The molecule has 238 valence electrons. The molecule has 0 spiro atoms. The number of halogens is 1. The van der Waals surface area contributed by atoms with E-state index in [1.165, 1.54) is 18.2 Å². The number of aromatic carboxylic acids is 1. The molecule has 4 rings (SSSR count). The summed E-state index contributed by atoms with van der Waals surface area (Å²) in [5.74, 6) is -1.72. The molecule has 0 atom stereocenters. The summed E-state index contributed by atoms with van der Waals surface area (Å²) in [5.41, 5.74) is 3.90. The number of hydrogen-bond donors (Lipinski definition) is 2. The number of likely N-dealkylation sites (N-methyl/N-ethyl adjacent to an activating group) is 1. The first kappa shape index (κ1) is 33.5. The third kappa shape index (κ3) is 8.83. The van der Waals surface area contributed by atoms with E-state index in [4.69, 9.17) is 11.6 Å². The van der Waals surface area contributed by atoms with Crippen molar-refractivity contribution < 1.29 is 24.3 Å². The van der Waals surface area contributed by atoms with Gasteiger partial charge in [-0.15, -0.1) is 0 Å². The number of nitrogens with one attached hydrogen (secondary N) is 1. The van der Waals surface area contributed by atoms with Gasteiger partial charge in [0.25, 0.3) is 11.8 Å². The van der Waals surface area contributed by atoms with E-state index >= 15 is 0 Å². The van der Waals surface area contributed by atoms with Crippen molar-refractivity contribution in [2.75, 3.05) is 70.6 Å². The summed E-state index contributed by atoms with van der Waals surface area (Å²) in [5, 5.41) is 13.0. The van der Waals surface area contributed by atoms with Crippen molar-refractivity contribution in [3.05, 3.63) is 93.5 Å². The van der Waals surface area contributed by atoms with Crippen LogP contribution in [-0.2, 0) is 11.2 Å². The Morgan fingerprint density at radius 1 is 0.867 bits per heavy atom. The Kier molecular flexibility index (Phi) is 11.2. The molecule has 10 nitrogen and oxygen atoms in total. The monoisotopic (exact) mass is 633 g/mol. The van der Waals surface area contributed by atoms with Crippen LogP contribution in [-0.4, -0.2) is 104 Å². The van der Waals surface area contributed by atoms with Gasteiger partial charge in [-0.1, -0.05) is 23.7 Å². The number of carbonyl (C=O) groups is 4. The number of benzene rings is 3. The maximum absolute atomic E-state index is 13.5. The van der Waals surface area contributed by atoms with Crippen LogP contribution >= 0.6 is 11.6 Å². The van der Waals surface area contributed by atoms with Crippen LogP contribution in [0.5, 0.6) is 0 Å². The number of amides is 3. The van der Waals surface area contributed by atoms with E-state index in [9.17, 15) is 24.3 Å². The molecule has 1 aliphatic rings. The fourth-order valence-corrected chi connectivity index (χ4v) is 5.48. The molecule has 11 heteroatoms. The van der Waals surface area contributed by atoms with E-state index in [0.29, 0.717) is 74.1 Å². The van der Waals surface area contributed by atoms with Crippen LogP contribution < -0.4 is 10.2 Å². The average molecular weight is 634 g/mol. The second-order valence-electron chi connectivity index (χ2n) is 11.5. The summed E-state index contributed by atoms with van der Waals surface area (Å²) in [6.07, 6.45) is 1.11. The van der Waals surface area contributed by atoms with Gasteiger partial charge in [-0.3, -0.25) is 14.4 Å². The van der Waals surface area contributed by atoms with Gasteiger partial charge < -0.3 is 30.0 Å². The zero-order chi connectivity index (χ0) is 32.7. The van der Waals surface area contributed by atoms with Gasteiger partial charge in [0.2, 0.25) is 5.91 Å². The number of nitrogens with zero attached hydrogens (tertiary/aromatic N) is 4. The SMILES string of the molecule is Cc1cc(Cl)ccc1CCN(C)C(=O)c1ccc(N2CCN(C(=O)CCN(C)C)CC2)c(NC(=O)c2cccc(C(=O)O)c2)c1. The lowest BCUT2D eigenvalue weighted by atomic mass is 10.1. The molecule has 0 radical (unpaired) electrons. The molecule has 0 aliphatic carbocycles. The Hall–Kier alpha value is -4.41. The molecule has 3 aromatic carbocycles. The first-order chi connectivity index (χ1) is 21.4. The highest BCUT2D eigenvalue weighted by molar-refractivity contribution is 6.30. The molecule has 0 unspecified atom stereocenters. The van der Waals surface area contributed by atoms with Crippen LogP contribution in [0.15, 0.2) is 60.7 Å². The van der Waals surface area contributed by atoms with Crippen LogP contribution in [0.25, 0.3) is 0 Å². The van der Waals surface area contributed by atoms with Crippen LogP contribution in [0.2, 0.25) is 5.02 Å². The van der Waals surface area contributed by atoms with Crippen molar-refractivity contribution in [2.24, 2.45) is 0 Å². The van der Waals surface area contributed by atoms with E-state index in [-0.39, 0.29) is 22.9 Å². The number of piperazine rings is 1. The minimum atomic E-state index is -1.13. The topological polar surface area (TPSA) is 114 Å². The van der Waals surface area contributed by atoms with Crippen LogP contribution in [0.4, 0.5) is 11.4 Å². The number of aryl methyl sites for hydroxylation is 1. The first-order valence-electron chi connectivity index (χ1n) is 14.9. The number of carboxylic acids is 1. The summed E-state index contributed by atoms with van der Waals surface area (Å²) in [7, 11) is 5.61. The minimum absolute atomic E-state index is 0.000549. The van der Waals surface area contributed by atoms with Gasteiger partial charge in [0.1, 0.15) is 0 Å². The Balaban J connectivity index is 1.55. The van der Waals surface area contributed by atoms with Crippen molar-refractivity contribution in [3.8, 4) is 0 Å². The summed E-state index contributed by atoms with van der Waals surface area (Å²) >= 11 is 6.09. The van der Waals surface area contributed by atoms with Gasteiger partial charge in [-0.05, 0) is 87.1 Å². The number of carboxylic acid groups (broad SMARTS) is 1. The average Bonchev–Trinajstić information content (AvgIpc) is 3.02. The van der Waals surface area contributed by atoms with Gasteiger partial charge in [-0.2, -0.15) is 0 Å². The molecule has 3 aromatic rings. The van der Waals surface area contributed by atoms with E-state index in [1.54, 1.807) is 30.1 Å². The highest BCUT2D eigenvalue weighted by Crippen LogP contribution is 2.30.